The molecule has 0 aliphatic rings. The van der Waals surface area contributed by atoms with Gasteiger partial charge in [-0.15, -0.1) is 12.3 Å². The van der Waals surface area contributed by atoms with Crippen LogP contribution in [-0.2, 0) is 0 Å². The zero-order valence-corrected chi connectivity index (χ0v) is 10.6. The lowest BCUT2D eigenvalue weighted by molar-refractivity contribution is 0.350. The first-order valence-corrected chi connectivity index (χ1v) is 6.07. The van der Waals surface area contributed by atoms with E-state index in [-0.39, 0.29) is 0 Å². The Morgan fingerprint density at radius 3 is 2.67 bits per heavy atom. The minimum Gasteiger partial charge on any atom is -0.216 e. The highest BCUT2D eigenvalue weighted by Gasteiger charge is 2.08. The third kappa shape index (κ3) is 8.54. The van der Waals surface area contributed by atoms with Gasteiger partial charge in [0.15, 0.2) is 0 Å². The molecule has 0 aromatic carbocycles. The monoisotopic (exact) mass is 227 g/mol. The molecule has 1 nitrogen and oxygen atoms in total. The molecular formula is C13H22ClN. The first-order chi connectivity index (χ1) is 7.22. The third-order valence-electron chi connectivity index (χ3n) is 2.32. The largest absolute Gasteiger partial charge is 0.216 e. The van der Waals surface area contributed by atoms with Crippen LogP contribution in [0.15, 0.2) is 12.2 Å². The molecule has 0 fully saturated rings. The molecule has 0 rings (SSSR count). The smallest absolute Gasteiger partial charge is 0.0251 e. The van der Waals surface area contributed by atoms with E-state index in [1.165, 1.54) is 12.8 Å². The number of unbranched alkanes of at least 4 members (excludes halogenated alkanes) is 1. The van der Waals surface area contributed by atoms with Gasteiger partial charge in [0.1, 0.15) is 0 Å². The molecule has 0 aromatic rings. The Bertz CT molecular complexity index is 205. The lowest BCUT2D eigenvalue weighted by Crippen LogP contribution is -2.24. The maximum atomic E-state index is 6.06. The Balaban J connectivity index is 3.55. The van der Waals surface area contributed by atoms with E-state index in [2.05, 4.69) is 31.9 Å². The van der Waals surface area contributed by atoms with E-state index in [1.807, 2.05) is 4.42 Å². The summed E-state index contributed by atoms with van der Waals surface area (Å²) in [7, 11) is 0. The van der Waals surface area contributed by atoms with Crippen LogP contribution in [-0.4, -0.2) is 17.0 Å². The highest BCUT2D eigenvalue weighted by molar-refractivity contribution is 6.13. The molecule has 0 amide bonds. The molecule has 2 heteroatoms. The zero-order valence-electron chi connectivity index (χ0n) is 9.88. The molecule has 0 aromatic heterocycles. The highest BCUT2D eigenvalue weighted by Crippen LogP contribution is 2.10. The van der Waals surface area contributed by atoms with Gasteiger partial charge in [-0.25, -0.2) is 4.42 Å². The van der Waals surface area contributed by atoms with Gasteiger partial charge in [-0.3, -0.25) is 0 Å². The Hall–Kier alpha value is -0.450. The Morgan fingerprint density at radius 1 is 1.40 bits per heavy atom. The van der Waals surface area contributed by atoms with Crippen molar-refractivity contribution in [3.05, 3.63) is 12.2 Å². The Morgan fingerprint density at radius 2 is 2.07 bits per heavy atom. The van der Waals surface area contributed by atoms with E-state index < -0.39 is 0 Å². The number of terminal acetylenes is 1. The van der Waals surface area contributed by atoms with E-state index in [0.717, 1.165) is 25.8 Å². The van der Waals surface area contributed by atoms with Crippen molar-refractivity contribution in [3.8, 4) is 12.3 Å². The summed E-state index contributed by atoms with van der Waals surface area (Å²) in [5, 5.41) is 0. The van der Waals surface area contributed by atoms with Crippen LogP contribution in [0.1, 0.15) is 46.0 Å². The number of allylic oxidation sites excluding steroid dienone is 2. The fourth-order valence-corrected chi connectivity index (χ4v) is 1.45. The maximum absolute atomic E-state index is 6.06. The van der Waals surface area contributed by atoms with Crippen molar-refractivity contribution in [2.45, 2.75) is 52.0 Å². The molecule has 0 saturated carbocycles. The van der Waals surface area contributed by atoms with Crippen molar-refractivity contribution < 1.29 is 0 Å². The SMILES string of the molecule is C#CCCN(Cl)C(C)CC/C=C/CCC. The molecule has 1 unspecified atom stereocenters. The van der Waals surface area contributed by atoms with E-state index in [1.54, 1.807) is 0 Å². The van der Waals surface area contributed by atoms with Crippen molar-refractivity contribution in [3.63, 3.8) is 0 Å². The molecule has 0 saturated heterocycles. The van der Waals surface area contributed by atoms with Crippen LogP contribution < -0.4 is 0 Å². The number of halogens is 1. The zero-order chi connectivity index (χ0) is 11.5. The van der Waals surface area contributed by atoms with E-state index in [4.69, 9.17) is 18.2 Å². The van der Waals surface area contributed by atoms with Gasteiger partial charge in [-0.05, 0) is 38.0 Å². The Labute approximate surface area is 99.6 Å². The first kappa shape index (κ1) is 14.6. The molecule has 86 valence electrons. The second-order valence-electron chi connectivity index (χ2n) is 3.76. The summed E-state index contributed by atoms with van der Waals surface area (Å²) in [5.41, 5.74) is 0. The van der Waals surface area contributed by atoms with Crippen LogP contribution in [0.3, 0.4) is 0 Å². The van der Waals surface area contributed by atoms with E-state index in [0.29, 0.717) is 6.04 Å². The van der Waals surface area contributed by atoms with Crippen molar-refractivity contribution in [2.24, 2.45) is 0 Å². The fraction of sp³-hybridized carbons (Fsp3) is 0.692. The summed E-state index contributed by atoms with van der Waals surface area (Å²) in [5.74, 6) is 2.60. The second kappa shape index (κ2) is 10.1. The van der Waals surface area contributed by atoms with Crippen LogP contribution in [0.5, 0.6) is 0 Å². The molecule has 0 aliphatic heterocycles. The van der Waals surface area contributed by atoms with Crippen molar-refractivity contribution >= 4 is 11.8 Å². The summed E-state index contributed by atoms with van der Waals surface area (Å²) in [6.07, 6.45) is 15.0. The molecule has 0 bridgehead atoms. The number of rotatable bonds is 8. The number of hydrogen-bond acceptors (Lipinski definition) is 1. The molecule has 0 radical (unpaired) electrons. The quantitative estimate of drug-likeness (QED) is 0.344. The van der Waals surface area contributed by atoms with Gasteiger partial charge >= 0.3 is 0 Å². The van der Waals surface area contributed by atoms with E-state index in [9.17, 15) is 0 Å². The first-order valence-electron chi connectivity index (χ1n) is 5.73. The minimum absolute atomic E-state index is 0.395. The van der Waals surface area contributed by atoms with Crippen molar-refractivity contribution in [2.75, 3.05) is 6.54 Å². The van der Waals surface area contributed by atoms with Crippen LogP contribution in [0.4, 0.5) is 0 Å². The number of nitrogens with zero attached hydrogens (tertiary/aromatic N) is 1. The van der Waals surface area contributed by atoms with Crippen molar-refractivity contribution in [1.82, 2.24) is 4.42 Å². The molecule has 15 heavy (non-hydrogen) atoms. The highest BCUT2D eigenvalue weighted by atomic mass is 35.5. The molecular weight excluding hydrogens is 206 g/mol. The van der Waals surface area contributed by atoms with Crippen LogP contribution in [0.2, 0.25) is 0 Å². The van der Waals surface area contributed by atoms with Gasteiger partial charge in [0, 0.05) is 19.0 Å². The third-order valence-corrected chi connectivity index (χ3v) is 2.82. The predicted octanol–water partition coefficient (Wildman–Crippen LogP) is 3.99. The molecule has 0 heterocycles. The molecule has 0 N–H and O–H groups in total. The van der Waals surface area contributed by atoms with Gasteiger partial charge in [-0.1, -0.05) is 25.5 Å². The number of hydrogen-bond donors (Lipinski definition) is 0. The average molecular weight is 228 g/mol. The predicted molar refractivity (Wildman–Crippen MR) is 68.8 cm³/mol. The summed E-state index contributed by atoms with van der Waals surface area (Å²) < 4.78 is 1.81. The lowest BCUT2D eigenvalue weighted by Gasteiger charge is -2.19. The second-order valence-corrected chi connectivity index (χ2v) is 4.20. The van der Waals surface area contributed by atoms with Crippen molar-refractivity contribution in [1.29, 1.82) is 0 Å². The summed E-state index contributed by atoms with van der Waals surface area (Å²) in [6.45, 7) is 5.10. The molecule has 0 aliphatic carbocycles. The minimum atomic E-state index is 0.395. The Kier molecular flexibility index (Phi) is 9.78. The molecule has 1 atom stereocenters. The fourth-order valence-electron chi connectivity index (χ4n) is 1.27. The average Bonchev–Trinajstić information content (AvgIpc) is 2.25. The van der Waals surface area contributed by atoms with Gasteiger partial charge in [0.05, 0.1) is 0 Å². The van der Waals surface area contributed by atoms with Crippen LogP contribution in [0, 0.1) is 12.3 Å². The van der Waals surface area contributed by atoms with E-state index >= 15 is 0 Å². The van der Waals surface area contributed by atoms with Gasteiger partial charge in [0.2, 0.25) is 0 Å². The summed E-state index contributed by atoms with van der Waals surface area (Å²) in [4.78, 5) is 0. The van der Waals surface area contributed by atoms with Gasteiger partial charge in [0.25, 0.3) is 0 Å². The molecule has 0 spiro atoms. The topological polar surface area (TPSA) is 3.24 Å². The van der Waals surface area contributed by atoms with Crippen LogP contribution >= 0.6 is 11.8 Å². The summed E-state index contributed by atoms with van der Waals surface area (Å²) >= 11 is 6.06. The van der Waals surface area contributed by atoms with Crippen LogP contribution in [0.25, 0.3) is 0 Å². The lowest BCUT2D eigenvalue weighted by atomic mass is 10.1. The van der Waals surface area contributed by atoms with Gasteiger partial charge < -0.3 is 0 Å². The standard InChI is InChI=1S/C13H22ClN/c1-4-6-8-9-10-11-13(3)15(14)12-7-5-2/h2,8-9,13H,4,6-7,10-12H2,1,3H3/b9-8+. The van der Waals surface area contributed by atoms with Gasteiger partial charge in [-0.2, -0.15) is 0 Å². The normalized spacial score (nSPS) is 13.3. The maximum Gasteiger partial charge on any atom is 0.0251 e. The summed E-state index contributed by atoms with van der Waals surface area (Å²) in [6, 6.07) is 0.395.